The van der Waals surface area contributed by atoms with E-state index in [1.807, 2.05) is 13.8 Å². The van der Waals surface area contributed by atoms with Gasteiger partial charge in [0.1, 0.15) is 0 Å². The summed E-state index contributed by atoms with van der Waals surface area (Å²) >= 11 is 0. The van der Waals surface area contributed by atoms with Crippen molar-refractivity contribution in [2.45, 2.75) is 49.0 Å². The highest BCUT2D eigenvalue weighted by Crippen LogP contribution is 2.07. The molecule has 1 fully saturated rings. The molecule has 0 aromatic carbocycles. The quantitative estimate of drug-likeness (QED) is 0.494. The topological polar surface area (TPSA) is 12.5 Å². The number of hydrogen-bond acceptors (Lipinski definition) is 1. The van der Waals surface area contributed by atoms with Crippen LogP contribution in [0.3, 0.4) is 0 Å². The van der Waals surface area contributed by atoms with Crippen LogP contribution in [0.2, 0.25) is 0 Å². The van der Waals surface area contributed by atoms with Gasteiger partial charge in [0.25, 0.3) is 0 Å². The average Bonchev–Trinajstić information content (AvgIpc) is 2.46. The van der Waals surface area contributed by atoms with Crippen LogP contribution in [0.5, 0.6) is 0 Å². The summed E-state index contributed by atoms with van der Waals surface area (Å²) in [4.78, 5) is 0. The highest BCUT2D eigenvalue weighted by Gasteiger charge is 1.95. The van der Waals surface area contributed by atoms with Crippen molar-refractivity contribution in [3.05, 3.63) is 0 Å². The zero-order valence-electron chi connectivity index (χ0n) is 8.32. The molecular formula is C10H26O. The molecule has 11 heavy (non-hydrogen) atoms. The standard InChI is InChI=1S/C5H12.C2H4O.C2H6.CH4/c1-5(2,3)4;1-2-3-1;1-2;/h1-4H3;1-2H2;1-2H3;1H4. The van der Waals surface area contributed by atoms with E-state index in [2.05, 4.69) is 32.4 Å². The zero-order chi connectivity index (χ0) is 8.62. The SMILES string of the molecule is C.C1CO1.CC.CC(C)(C)C. The molecule has 0 amide bonds. The Kier molecular flexibility index (Phi) is 15.5. The van der Waals surface area contributed by atoms with E-state index in [9.17, 15) is 0 Å². The fourth-order valence-corrected chi connectivity index (χ4v) is 0. The van der Waals surface area contributed by atoms with Crippen molar-refractivity contribution in [3.8, 4) is 0 Å². The second-order valence-corrected chi connectivity index (χ2v) is 3.61. The maximum absolute atomic E-state index is 4.50. The van der Waals surface area contributed by atoms with Gasteiger partial charge in [-0.15, -0.1) is 0 Å². The van der Waals surface area contributed by atoms with E-state index in [0.717, 1.165) is 13.2 Å². The second kappa shape index (κ2) is 9.96. The third kappa shape index (κ3) is 685. The molecule has 1 aliphatic heterocycles. The predicted molar refractivity (Wildman–Crippen MR) is 54.0 cm³/mol. The molecule has 1 nitrogen and oxygen atoms in total. The zero-order valence-corrected chi connectivity index (χ0v) is 8.32. The molecule has 0 atom stereocenters. The van der Waals surface area contributed by atoms with Crippen LogP contribution in [0, 0.1) is 5.41 Å². The van der Waals surface area contributed by atoms with E-state index in [4.69, 9.17) is 0 Å². The van der Waals surface area contributed by atoms with Crippen molar-refractivity contribution in [2.75, 3.05) is 13.2 Å². The Morgan fingerprint density at radius 2 is 1.00 bits per heavy atom. The Labute approximate surface area is 73.1 Å². The molecule has 1 heteroatoms. The van der Waals surface area contributed by atoms with Gasteiger partial charge in [0, 0.05) is 0 Å². The van der Waals surface area contributed by atoms with Crippen LogP contribution in [0.25, 0.3) is 0 Å². The average molecular weight is 162 g/mol. The van der Waals surface area contributed by atoms with Crippen LogP contribution < -0.4 is 0 Å². The minimum atomic E-state index is 0. The largest absolute Gasteiger partial charge is 0.377 e. The lowest BCUT2D eigenvalue weighted by Crippen LogP contribution is -1.93. The van der Waals surface area contributed by atoms with Crippen molar-refractivity contribution in [1.82, 2.24) is 0 Å². The molecule has 0 aliphatic carbocycles. The maximum Gasteiger partial charge on any atom is 0.0701 e. The summed E-state index contributed by atoms with van der Waals surface area (Å²) in [5.74, 6) is 0. The molecule has 0 bridgehead atoms. The first-order valence-corrected chi connectivity index (χ1v) is 4.08. The summed E-state index contributed by atoms with van der Waals surface area (Å²) < 4.78 is 4.50. The molecule has 0 N–H and O–H groups in total. The molecule has 72 valence electrons. The van der Waals surface area contributed by atoms with Crippen molar-refractivity contribution >= 4 is 0 Å². The molecule has 0 saturated carbocycles. The van der Waals surface area contributed by atoms with E-state index in [-0.39, 0.29) is 7.43 Å². The van der Waals surface area contributed by atoms with Gasteiger partial charge >= 0.3 is 0 Å². The number of rotatable bonds is 0. The van der Waals surface area contributed by atoms with Gasteiger partial charge in [-0.2, -0.15) is 0 Å². The number of ether oxygens (including phenoxy) is 1. The van der Waals surface area contributed by atoms with E-state index < -0.39 is 0 Å². The van der Waals surface area contributed by atoms with Gasteiger partial charge in [-0.3, -0.25) is 0 Å². The Bertz CT molecular complexity index is 41.6. The van der Waals surface area contributed by atoms with Crippen LogP contribution >= 0.6 is 0 Å². The Balaban J connectivity index is -0.0000000922. The van der Waals surface area contributed by atoms with Crippen LogP contribution in [-0.2, 0) is 4.74 Å². The molecule has 0 spiro atoms. The van der Waals surface area contributed by atoms with Gasteiger partial charge in [-0.1, -0.05) is 49.0 Å². The highest BCUT2D eigenvalue weighted by atomic mass is 16.6. The van der Waals surface area contributed by atoms with Crippen LogP contribution in [0.1, 0.15) is 49.0 Å². The fraction of sp³-hybridized carbons (Fsp3) is 1.00. The lowest BCUT2D eigenvalue weighted by atomic mass is 10.0. The molecule has 0 radical (unpaired) electrons. The minimum absolute atomic E-state index is 0. The number of hydrogen-bond donors (Lipinski definition) is 0. The summed E-state index contributed by atoms with van der Waals surface area (Å²) in [5, 5.41) is 0. The van der Waals surface area contributed by atoms with Crippen molar-refractivity contribution in [2.24, 2.45) is 5.41 Å². The lowest BCUT2D eigenvalue weighted by molar-refractivity contribution is 0.469. The van der Waals surface area contributed by atoms with Crippen molar-refractivity contribution in [3.63, 3.8) is 0 Å². The van der Waals surface area contributed by atoms with Gasteiger partial charge in [-0.25, -0.2) is 0 Å². The summed E-state index contributed by atoms with van der Waals surface area (Å²) in [7, 11) is 0. The maximum atomic E-state index is 4.50. The Morgan fingerprint density at radius 1 is 0.909 bits per heavy atom. The second-order valence-electron chi connectivity index (χ2n) is 3.61. The fourth-order valence-electron chi connectivity index (χ4n) is 0. The molecular weight excluding hydrogens is 136 g/mol. The first-order chi connectivity index (χ1) is 4.50. The van der Waals surface area contributed by atoms with E-state index >= 15 is 0 Å². The van der Waals surface area contributed by atoms with Crippen LogP contribution in [0.4, 0.5) is 0 Å². The van der Waals surface area contributed by atoms with Crippen LogP contribution in [0.15, 0.2) is 0 Å². The molecule has 1 heterocycles. The normalized spacial score (nSPS) is 12.5. The highest BCUT2D eigenvalue weighted by molar-refractivity contribution is 4.47. The molecule has 0 aromatic rings. The molecule has 0 aromatic heterocycles. The van der Waals surface area contributed by atoms with Crippen molar-refractivity contribution in [1.29, 1.82) is 0 Å². The predicted octanol–water partition coefficient (Wildman–Crippen LogP) is 3.73. The molecule has 1 saturated heterocycles. The summed E-state index contributed by atoms with van der Waals surface area (Å²) in [6.07, 6.45) is 0. The van der Waals surface area contributed by atoms with Crippen molar-refractivity contribution < 1.29 is 4.74 Å². The monoisotopic (exact) mass is 162 g/mol. The first kappa shape index (κ1) is 17.2. The molecule has 0 unspecified atom stereocenters. The van der Waals surface area contributed by atoms with Gasteiger partial charge in [0.15, 0.2) is 0 Å². The van der Waals surface area contributed by atoms with Gasteiger partial charge in [-0.05, 0) is 5.41 Å². The van der Waals surface area contributed by atoms with Gasteiger partial charge < -0.3 is 4.74 Å². The first-order valence-electron chi connectivity index (χ1n) is 4.08. The summed E-state index contributed by atoms with van der Waals surface area (Å²) in [6.45, 7) is 14.8. The Hall–Kier alpha value is -0.0400. The van der Waals surface area contributed by atoms with E-state index in [0.29, 0.717) is 5.41 Å². The lowest BCUT2D eigenvalue weighted by Gasteiger charge is -2.05. The van der Waals surface area contributed by atoms with E-state index in [1.54, 1.807) is 0 Å². The molecule has 1 rings (SSSR count). The smallest absolute Gasteiger partial charge is 0.0701 e. The molecule has 1 aliphatic rings. The Morgan fingerprint density at radius 3 is 1.00 bits per heavy atom. The van der Waals surface area contributed by atoms with E-state index in [1.165, 1.54) is 0 Å². The van der Waals surface area contributed by atoms with Crippen LogP contribution in [-0.4, -0.2) is 13.2 Å². The summed E-state index contributed by atoms with van der Waals surface area (Å²) in [6, 6.07) is 0. The van der Waals surface area contributed by atoms with Gasteiger partial charge in [0.05, 0.1) is 13.2 Å². The third-order valence-corrected chi connectivity index (χ3v) is 0.204. The minimum Gasteiger partial charge on any atom is -0.377 e. The number of epoxide rings is 1. The summed E-state index contributed by atoms with van der Waals surface area (Å²) in [5.41, 5.74) is 0.500. The third-order valence-electron chi connectivity index (χ3n) is 0.204. The van der Waals surface area contributed by atoms with Gasteiger partial charge in [0.2, 0.25) is 0 Å².